The Morgan fingerprint density at radius 2 is 2.05 bits per heavy atom. The molecular weight excluding hydrogens is 257 g/mol. The first-order valence-corrected chi connectivity index (χ1v) is 5.85. The molecule has 0 saturated heterocycles. The van der Waals surface area contributed by atoms with Crippen LogP contribution in [0.2, 0.25) is 0 Å². The summed E-state index contributed by atoms with van der Waals surface area (Å²) in [5.41, 5.74) is 5.93. The number of aromatic nitrogens is 1. The van der Waals surface area contributed by atoms with Gasteiger partial charge in [-0.25, -0.2) is 0 Å². The molecule has 0 amide bonds. The molecule has 1 aromatic carbocycles. The van der Waals surface area contributed by atoms with Gasteiger partial charge in [-0.3, -0.25) is 0 Å². The van der Waals surface area contributed by atoms with Crippen molar-refractivity contribution >= 4 is 5.82 Å². The van der Waals surface area contributed by atoms with E-state index in [-0.39, 0.29) is 5.82 Å². The molecule has 2 aromatic rings. The number of nitrogens with two attached hydrogens (primary N) is 1. The van der Waals surface area contributed by atoms with Gasteiger partial charge in [0.1, 0.15) is 0 Å². The van der Waals surface area contributed by atoms with Gasteiger partial charge in [-0.05, 0) is 18.6 Å². The summed E-state index contributed by atoms with van der Waals surface area (Å²) in [6.07, 6.45) is -2.97. The second-order valence-electron chi connectivity index (χ2n) is 4.20. The van der Waals surface area contributed by atoms with Gasteiger partial charge in [-0.15, -0.1) is 0 Å². The van der Waals surface area contributed by atoms with Crippen molar-refractivity contribution in [3.63, 3.8) is 0 Å². The van der Waals surface area contributed by atoms with Crippen LogP contribution in [0.1, 0.15) is 24.5 Å². The molecule has 19 heavy (non-hydrogen) atoms. The van der Waals surface area contributed by atoms with Crippen LogP contribution in [0.4, 0.5) is 19.0 Å². The lowest BCUT2D eigenvalue weighted by Gasteiger charge is -2.08. The molecule has 102 valence electrons. The van der Waals surface area contributed by atoms with Gasteiger partial charge >= 0.3 is 6.18 Å². The third-order valence-corrected chi connectivity index (χ3v) is 2.77. The van der Waals surface area contributed by atoms with E-state index in [1.807, 2.05) is 6.92 Å². The fraction of sp³-hybridized carbons (Fsp3) is 0.308. The smallest absolute Gasteiger partial charge is 0.381 e. The van der Waals surface area contributed by atoms with Crippen LogP contribution in [0.25, 0.3) is 11.3 Å². The minimum absolute atomic E-state index is 0.231. The summed E-state index contributed by atoms with van der Waals surface area (Å²) >= 11 is 0. The number of rotatable bonds is 3. The summed E-state index contributed by atoms with van der Waals surface area (Å²) < 4.78 is 43.1. The number of hydrogen-bond donors (Lipinski definition) is 1. The van der Waals surface area contributed by atoms with Crippen molar-refractivity contribution in [3.8, 4) is 11.3 Å². The molecular formula is C13H13F3N2O. The van der Waals surface area contributed by atoms with Gasteiger partial charge in [-0.1, -0.05) is 30.6 Å². The predicted molar refractivity (Wildman–Crippen MR) is 65.3 cm³/mol. The van der Waals surface area contributed by atoms with E-state index in [9.17, 15) is 13.2 Å². The summed E-state index contributed by atoms with van der Waals surface area (Å²) in [6, 6.07) is 4.95. The molecule has 3 nitrogen and oxygen atoms in total. The fourth-order valence-corrected chi connectivity index (χ4v) is 1.88. The van der Waals surface area contributed by atoms with Gasteiger partial charge in [0.05, 0.1) is 5.56 Å². The van der Waals surface area contributed by atoms with E-state index in [1.165, 1.54) is 6.07 Å². The van der Waals surface area contributed by atoms with E-state index in [4.69, 9.17) is 10.3 Å². The number of hydrogen-bond acceptors (Lipinski definition) is 3. The Kier molecular flexibility index (Phi) is 3.50. The van der Waals surface area contributed by atoms with E-state index in [2.05, 4.69) is 5.16 Å². The van der Waals surface area contributed by atoms with Crippen molar-refractivity contribution in [1.82, 2.24) is 5.16 Å². The molecule has 1 aromatic heterocycles. The Morgan fingerprint density at radius 1 is 1.32 bits per heavy atom. The zero-order chi connectivity index (χ0) is 14.0. The Labute approximate surface area is 108 Å². The Balaban J connectivity index is 2.48. The van der Waals surface area contributed by atoms with Crippen LogP contribution in [0, 0.1) is 0 Å². The van der Waals surface area contributed by atoms with Gasteiger partial charge < -0.3 is 10.3 Å². The molecule has 2 N–H and O–H groups in total. The normalized spacial score (nSPS) is 11.8. The lowest BCUT2D eigenvalue weighted by molar-refractivity contribution is -0.137. The van der Waals surface area contributed by atoms with Gasteiger partial charge in [0.15, 0.2) is 11.6 Å². The molecule has 0 bridgehead atoms. The average molecular weight is 270 g/mol. The predicted octanol–water partition coefficient (Wildman–Crippen LogP) is 3.90. The highest BCUT2D eigenvalue weighted by Crippen LogP contribution is 2.34. The van der Waals surface area contributed by atoms with E-state index in [0.29, 0.717) is 23.3 Å². The summed E-state index contributed by atoms with van der Waals surface area (Å²) in [7, 11) is 0. The highest BCUT2D eigenvalue weighted by molar-refractivity contribution is 5.66. The molecule has 0 unspecified atom stereocenters. The van der Waals surface area contributed by atoms with Gasteiger partial charge in [0, 0.05) is 11.1 Å². The Hall–Kier alpha value is -1.98. The maximum Gasteiger partial charge on any atom is 0.416 e. The van der Waals surface area contributed by atoms with Crippen molar-refractivity contribution < 1.29 is 17.7 Å². The second-order valence-corrected chi connectivity index (χ2v) is 4.20. The van der Waals surface area contributed by atoms with Gasteiger partial charge in [0.25, 0.3) is 0 Å². The molecule has 1 heterocycles. The van der Waals surface area contributed by atoms with E-state index < -0.39 is 11.7 Å². The van der Waals surface area contributed by atoms with Crippen molar-refractivity contribution in [2.45, 2.75) is 25.9 Å². The molecule has 0 aliphatic carbocycles. The molecule has 0 spiro atoms. The first-order valence-electron chi connectivity index (χ1n) is 5.85. The highest BCUT2D eigenvalue weighted by atomic mass is 19.4. The van der Waals surface area contributed by atoms with Crippen LogP contribution in [-0.2, 0) is 12.6 Å². The first-order chi connectivity index (χ1) is 8.93. The summed E-state index contributed by atoms with van der Waals surface area (Å²) in [5, 5.41) is 3.62. The standard InChI is InChI=1S/C13H13F3N2O/c1-2-4-10-11(19-18-12(10)17)8-5-3-6-9(7-8)13(14,15)16/h3,5-7H,2,4H2,1H3,(H2,17,18). The highest BCUT2D eigenvalue weighted by Gasteiger charge is 2.31. The quantitative estimate of drug-likeness (QED) is 0.920. The molecule has 0 aliphatic rings. The number of halogens is 3. The maximum atomic E-state index is 12.7. The van der Waals surface area contributed by atoms with Crippen LogP contribution in [0.5, 0.6) is 0 Å². The van der Waals surface area contributed by atoms with Crippen molar-refractivity contribution in [2.75, 3.05) is 5.73 Å². The van der Waals surface area contributed by atoms with Crippen LogP contribution in [0.15, 0.2) is 28.8 Å². The monoisotopic (exact) mass is 270 g/mol. The number of benzene rings is 1. The number of alkyl halides is 3. The van der Waals surface area contributed by atoms with Crippen LogP contribution in [-0.4, -0.2) is 5.16 Å². The molecule has 2 rings (SSSR count). The average Bonchev–Trinajstić information content (AvgIpc) is 2.71. The first kappa shape index (κ1) is 13.5. The number of nitrogens with zero attached hydrogens (tertiary/aromatic N) is 1. The van der Waals surface area contributed by atoms with E-state index in [0.717, 1.165) is 18.6 Å². The molecule has 0 atom stereocenters. The zero-order valence-electron chi connectivity index (χ0n) is 10.3. The van der Waals surface area contributed by atoms with Crippen molar-refractivity contribution in [2.24, 2.45) is 0 Å². The second kappa shape index (κ2) is 4.95. The molecule has 0 fully saturated rings. The lowest BCUT2D eigenvalue weighted by Crippen LogP contribution is -2.04. The fourth-order valence-electron chi connectivity index (χ4n) is 1.88. The van der Waals surface area contributed by atoms with Crippen molar-refractivity contribution in [1.29, 1.82) is 0 Å². The SMILES string of the molecule is CCCc1c(N)noc1-c1cccc(C(F)(F)F)c1. The largest absolute Gasteiger partial charge is 0.416 e. The van der Waals surface area contributed by atoms with E-state index >= 15 is 0 Å². The topological polar surface area (TPSA) is 52.0 Å². The minimum atomic E-state index is -4.38. The number of nitrogen functional groups attached to an aromatic ring is 1. The van der Waals surface area contributed by atoms with Crippen LogP contribution >= 0.6 is 0 Å². The maximum absolute atomic E-state index is 12.7. The van der Waals surface area contributed by atoms with Crippen LogP contribution < -0.4 is 5.73 Å². The lowest BCUT2D eigenvalue weighted by atomic mass is 10.0. The molecule has 0 radical (unpaired) electrons. The third-order valence-electron chi connectivity index (χ3n) is 2.77. The van der Waals surface area contributed by atoms with Crippen molar-refractivity contribution in [3.05, 3.63) is 35.4 Å². The Morgan fingerprint density at radius 3 is 2.68 bits per heavy atom. The summed E-state index contributed by atoms with van der Waals surface area (Å²) in [5.74, 6) is 0.541. The van der Waals surface area contributed by atoms with Gasteiger partial charge in [-0.2, -0.15) is 13.2 Å². The number of anilines is 1. The molecule has 0 aliphatic heterocycles. The molecule has 6 heteroatoms. The third kappa shape index (κ3) is 2.72. The van der Waals surface area contributed by atoms with E-state index in [1.54, 1.807) is 6.07 Å². The summed E-state index contributed by atoms with van der Waals surface area (Å²) in [6.45, 7) is 1.95. The van der Waals surface area contributed by atoms with Crippen LogP contribution in [0.3, 0.4) is 0 Å². The zero-order valence-corrected chi connectivity index (χ0v) is 10.3. The molecule has 0 saturated carbocycles. The van der Waals surface area contributed by atoms with Gasteiger partial charge in [0.2, 0.25) is 0 Å². The minimum Gasteiger partial charge on any atom is -0.381 e. The summed E-state index contributed by atoms with van der Waals surface area (Å²) in [4.78, 5) is 0. The Bertz CT molecular complexity index is 576.